The van der Waals surface area contributed by atoms with E-state index in [1.807, 2.05) is 0 Å². The normalized spacial score (nSPS) is 13.6. The molecule has 0 radical (unpaired) electrons. The summed E-state index contributed by atoms with van der Waals surface area (Å²) in [5.74, 6) is 0.720. The summed E-state index contributed by atoms with van der Waals surface area (Å²) in [5.41, 5.74) is 1.21. The molecule has 0 aromatic carbocycles. The smallest absolute Gasteiger partial charge is 0.0757 e. The van der Waals surface area contributed by atoms with E-state index in [0.29, 0.717) is 0 Å². The van der Waals surface area contributed by atoms with Crippen molar-refractivity contribution < 1.29 is 0 Å². The van der Waals surface area contributed by atoms with E-state index < -0.39 is 0 Å². The molecule has 1 heterocycles. The first-order valence-electron chi connectivity index (χ1n) is 4.59. The van der Waals surface area contributed by atoms with Crippen LogP contribution < -0.4 is 0 Å². The van der Waals surface area contributed by atoms with Crippen LogP contribution in [0.2, 0.25) is 0 Å². The third-order valence-electron chi connectivity index (χ3n) is 2.02. The molecule has 0 aliphatic rings. The molecule has 0 N–H and O–H groups in total. The highest BCUT2D eigenvalue weighted by atomic mass is 79.9. The largest absolute Gasteiger partial charge is 0.121 e. The molecule has 0 aliphatic carbocycles. The fourth-order valence-electron chi connectivity index (χ4n) is 1.20. The van der Waals surface area contributed by atoms with Crippen LogP contribution in [-0.2, 0) is 0 Å². The van der Waals surface area contributed by atoms with E-state index in [1.165, 1.54) is 12.0 Å². The molecule has 1 unspecified atom stereocenters. The summed E-state index contributed by atoms with van der Waals surface area (Å²) in [6.45, 7) is 4.45. The van der Waals surface area contributed by atoms with Crippen molar-refractivity contribution in [2.45, 2.75) is 32.1 Å². The van der Waals surface area contributed by atoms with Crippen molar-refractivity contribution in [2.75, 3.05) is 0 Å². The van der Waals surface area contributed by atoms with E-state index in [4.69, 9.17) is 11.6 Å². The topological polar surface area (TPSA) is 0 Å². The zero-order valence-corrected chi connectivity index (χ0v) is 12.9. The number of halogens is 3. The Balaban J connectivity index is 2.60. The average molecular weight is 361 g/mol. The summed E-state index contributed by atoms with van der Waals surface area (Å²) in [5, 5.41) is 0.134. The Morgan fingerprint density at radius 3 is 2.43 bits per heavy atom. The molecule has 1 atom stereocenters. The van der Waals surface area contributed by atoms with Crippen molar-refractivity contribution >= 4 is 54.8 Å². The van der Waals surface area contributed by atoms with Crippen LogP contribution in [-0.4, -0.2) is 0 Å². The van der Waals surface area contributed by atoms with Gasteiger partial charge in [-0.25, -0.2) is 0 Å². The highest BCUT2D eigenvalue weighted by Crippen LogP contribution is 2.39. The molecule has 0 saturated carbocycles. The average Bonchev–Trinajstić information content (AvgIpc) is 2.41. The molecule has 0 spiro atoms. The Morgan fingerprint density at radius 1 is 1.36 bits per heavy atom. The highest BCUT2D eigenvalue weighted by Gasteiger charge is 2.14. The molecular weight excluding hydrogens is 347 g/mol. The summed E-state index contributed by atoms with van der Waals surface area (Å²) < 4.78 is 2.28. The lowest BCUT2D eigenvalue weighted by Crippen LogP contribution is -1.93. The fraction of sp³-hybridized carbons (Fsp3) is 0.600. The maximum Gasteiger partial charge on any atom is 0.0757 e. The second-order valence-corrected chi connectivity index (χ2v) is 7.99. The molecule has 14 heavy (non-hydrogen) atoms. The molecule has 0 fully saturated rings. The minimum Gasteiger partial charge on any atom is -0.121 e. The van der Waals surface area contributed by atoms with Crippen LogP contribution in [0.25, 0.3) is 0 Å². The van der Waals surface area contributed by atoms with Crippen LogP contribution in [0.4, 0.5) is 0 Å². The maximum atomic E-state index is 6.32. The van der Waals surface area contributed by atoms with Crippen LogP contribution in [0.15, 0.2) is 13.6 Å². The third-order valence-corrected chi connectivity index (χ3v) is 4.86. The van der Waals surface area contributed by atoms with Crippen LogP contribution in [0, 0.1) is 5.92 Å². The Hall–Kier alpha value is 0.950. The zero-order chi connectivity index (χ0) is 10.7. The Bertz CT molecular complexity index is 296. The molecule has 1 aromatic rings. The van der Waals surface area contributed by atoms with Crippen molar-refractivity contribution in [2.24, 2.45) is 5.92 Å². The van der Waals surface area contributed by atoms with Crippen LogP contribution in [0.3, 0.4) is 0 Å². The van der Waals surface area contributed by atoms with Gasteiger partial charge in [0, 0.05) is 0 Å². The number of hydrogen-bond acceptors (Lipinski definition) is 1. The van der Waals surface area contributed by atoms with Gasteiger partial charge in [0.2, 0.25) is 0 Å². The summed E-state index contributed by atoms with van der Waals surface area (Å²) in [4.78, 5) is 0. The molecule has 0 aliphatic heterocycles. The van der Waals surface area contributed by atoms with Crippen molar-refractivity contribution in [3.05, 3.63) is 19.2 Å². The Morgan fingerprint density at radius 2 is 2.00 bits per heavy atom. The SMILES string of the molecule is CC(C)CCC(Cl)c1cc(Br)sc1Br. The lowest BCUT2D eigenvalue weighted by Gasteiger charge is -2.10. The number of alkyl halides is 1. The summed E-state index contributed by atoms with van der Waals surface area (Å²) >= 11 is 15.0. The fourth-order valence-corrected chi connectivity index (χ4v) is 4.67. The number of rotatable bonds is 4. The van der Waals surface area contributed by atoms with Gasteiger partial charge < -0.3 is 0 Å². The zero-order valence-electron chi connectivity index (χ0n) is 8.19. The van der Waals surface area contributed by atoms with Gasteiger partial charge in [-0.05, 0) is 62.2 Å². The predicted octanol–water partition coefficient (Wildman–Crippen LogP) is 5.99. The first-order chi connectivity index (χ1) is 6.50. The van der Waals surface area contributed by atoms with Gasteiger partial charge >= 0.3 is 0 Å². The van der Waals surface area contributed by atoms with Gasteiger partial charge in [-0.15, -0.1) is 22.9 Å². The number of thiophene rings is 1. The molecule has 80 valence electrons. The first kappa shape index (κ1) is 13.0. The summed E-state index contributed by atoms with van der Waals surface area (Å²) in [6, 6.07) is 2.10. The van der Waals surface area contributed by atoms with Gasteiger partial charge in [-0.3, -0.25) is 0 Å². The van der Waals surface area contributed by atoms with Gasteiger partial charge in [0.1, 0.15) is 0 Å². The van der Waals surface area contributed by atoms with E-state index in [2.05, 4.69) is 51.8 Å². The lowest BCUT2D eigenvalue weighted by atomic mass is 10.0. The van der Waals surface area contributed by atoms with Crippen LogP contribution in [0.5, 0.6) is 0 Å². The first-order valence-corrected chi connectivity index (χ1v) is 7.43. The van der Waals surface area contributed by atoms with E-state index in [9.17, 15) is 0 Å². The lowest BCUT2D eigenvalue weighted by molar-refractivity contribution is 0.549. The Kier molecular flexibility index (Phi) is 5.47. The maximum absolute atomic E-state index is 6.32. The molecular formula is C10H13Br2ClS. The molecule has 0 saturated heterocycles. The third kappa shape index (κ3) is 3.84. The van der Waals surface area contributed by atoms with E-state index in [1.54, 1.807) is 11.3 Å². The van der Waals surface area contributed by atoms with Crippen molar-refractivity contribution in [3.63, 3.8) is 0 Å². The van der Waals surface area contributed by atoms with E-state index >= 15 is 0 Å². The van der Waals surface area contributed by atoms with E-state index in [0.717, 1.165) is 19.9 Å². The van der Waals surface area contributed by atoms with Gasteiger partial charge in [0.15, 0.2) is 0 Å². The predicted molar refractivity (Wildman–Crippen MR) is 72.4 cm³/mol. The highest BCUT2D eigenvalue weighted by molar-refractivity contribution is 9.12. The summed E-state index contributed by atoms with van der Waals surface area (Å²) in [7, 11) is 0. The van der Waals surface area contributed by atoms with Gasteiger partial charge in [0.05, 0.1) is 12.9 Å². The van der Waals surface area contributed by atoms with Gasteiger partial charge in [0.25, 0.3) is 0 Å². The van der Waals surface area contributed by atoms with Crippen molar-refractivity contribution in [1.29, 1.82) is 0 Å². The monoisotopic (exact) mass is 358 g/mol. The Labute approximate surface area is 111 Å². The second-order valence-electron chi connectivity index (χ2n) is 3.72. The molecule has 4 heteroatoms. The molecule has 0 bridgehead atoms. The van der Waals surface area contributed by atoms with E-state index in [-0.39, 0.29) is 5.38 Å². The van der Waals surface area contributed by atoms with Gasteiger partial charge in [-0.2, -0.15) is 0 Å². The van der Waals surface area contributed by atoms with Crippen LogP contribution >= 0.6 is 54.8 Å². The summed E-state index contributed by atoms with van der Waals surface area (Å²) in [6.07, 6.45) is 2.22. The second kappa shape index (κ2) is 5.88. The standard InChI is InChI=1S/C10H13Br2ClS/c1-6(2)3-4-8(13)7-5-9(11)14-10(7)12/h5-6,8H,3-4H2,1-2H3. The van der Waals surface area contributed by atoms with Crippen molar-refractivity contribution in [1.82, 2.24) is 0 Å². The minimum atomic E-state index is 0.134. The molecule has 0 amide bonds. The van der Waals surface area contributed by atoms with Crippen LogP contribution in [0.1, 0.15) is 37.6 Å². The quantitative estimate of drug-likeness (QED) is 0.579. The van der Waals surface area contributed by atoms with Crippen molar-refractivity contribution in [3.8, 4) is 0 Å². The number of hydrogen-bond donors (Lipinski definition) is 0. The molecule has 1 rings (SSSR count). The minimum absolute atomic E-state index is 0.134. The molecule has 1 aromatic heterocycles. The van der Waals surface area contributed by atoms with Gasteiger partial charge in [-0.1, -0.05) is 13.8 Å². The molecule has 0 nitrogen and oxygen atoms in total.